The van der Waals surface area contributed by atoms with Gasteiger partial charge in [0, 0.05) is 0 Å². The second-order valence-corrected chi connectivity index (χ2v) is 18.3. The standard InChI is InChI=1S/C38H28N8O15S4.Cu.4Na/c47-33-17-15-30(63(53,54)55)21-32(33)45-44-31-16-18-34(48)37(38(31)49)46-43-28-6-4-23(36(20-28)65(59,60)61)2-1-22-3-5-27(19-35(22)64(56,57)58)42-41-25-9-7-24(8-10-25)39-40-26-11-13-29(14-12-26)62(50,51)52;;;;;/h1-21,47-49H,(H,50,51,52)(H,53,54,55)(H,56,57,58)(H,59,60,61);;;;;/q;+2;4*+1/p-6. The van der Waals surface area contributed by atoms with E-state index in [2.05, 4.69) is 40.9 Å². The molecule has 0 bridgehead atoms. The number of hydrogen-bond acceptors (Lipinski definition) is 22. The minimum absolute atomic E-state index is 0. The first-order chi connectivity index (χ1) is 30.5. The Labute approximate surface area is 498 Å². The Bertz CT molecular complexity index is 3490. The molecule has 343 valence electrons. The fourth-order valence-corrected chi connectivity index (χ4v) is 7.58. The fraction of sp³-hybridized carbons (Fsp3) is 0. The number of hydrogen-bond donors (Lipinski definition) is 1. The molecule has 23 nitrogen and oxygen atoms in total. The van der Waals surface area contributed by atoms with Crippen LogP contribution in [0.3, 0.4) is 0 Å². The number of azo groups is 4. The van der Waals surface area contributed by atoms with Crippen molar-refractivity contribution in [2.45, 2.75) is 19.6 Å². The first kappa shape index (κ1) is 65.0. The zero-order valence-electron chi connectivity index (χ0n) is 36.3. The van der Waals surface area contributed by atoms with E-state index in [0.29, 0.717) is 11.8 Å². The van der Waals surface area contributed by atoms with Crippen molar-refractivity contribution in [2.24, 2.45) is 40.9 Å². The van der Waals surface area contributed by atoms with Crippen LogP contribution in [-0.4, -0.2) is 51.9 Å². The molecule has 1 radical (unpaired) electrons. The van der Waals surface area contributed by atoms with E-state index in [1.165, 1.54) is 48.5 Å². The molecule has 6 rings (SSSR count). The predicted octanol–water partition coefficient (Wildman–Crippen LogP) is -5.29. The summed E-state index contributed by atoms with van der Waals surface area (Å²) in [5.41, 5.74) is -2.03. The predicted molar refractivity (Wildman–Crippen MR) is 216 cm³/mol. The number of benzene rings is 6. The van der Waals surface area contributed by atoms with Gasteiger partial charge in [-0.25, -0.2) is 25.3 Å². The van der Waals surface area contributed by atoms with Gasteiger partial charge in [-0.15, -0.1) is 0 Å². The summed E-state index contributed by atoms with van der Waals surface area (Å²) < 4.78 is 139. The molecule has 32 heteroatoms. The molecule has 6 aromatic rings. The second kappa shape index (κ2) is 27.3. The largest absolute Gasteiger partial charge is 2.00 e. The maximum absolute atomic E-state index is 13.0. The summed E-state index contributed by atoms with van der Waals surface area (Å²) in [4.78, 5) is -2.80. The van der Waals surface area contributed by atoms with Crippen LogP contribution in [0.2, 0.25) is 0 Å². The molecule has 0 atom stereocenters. The number of rotatable bonds is 14. The fourth-order valence-electron chi connectivity index (χ4n) is 5.22. The average molecular weight is 1110 g/mol. The van der Waals surface area contributed by atoms with Gasteiger partial charge in [0.25, 0.3) is 10.1 Å². The van der Waals surface area contributed by atoms with Gasteiger partial charge in [0.15, 0.2) is 0 Å². The Morgan fingerprint density at radius 1 is 0.400 bits per heavy atom. The van der Waals surface area contributed by atoms with E-state index in [4.69, 9.17) is 0 Å². The molecular formula is C38H22CuN8Na4O15S4. The van der Waals surface area contributed by atoms with E-state index in [1.807, 2.05) is 0 Å². The molecule has 0 saturated heterocycles. The van der Waals surface area contributed by atoms with Gasteiger partial charge in [0.05, 0.1) is 60.2 Å². The third kappa shape index (κ3) is 17.9. The molecule has 0 aliphatic heterocycles. The van der Waals surface area contributed by atoms with Crippen molar-refractivity contribution in [2.75, 3.05) is 0 Å². The topological polar surface area (TPSA) is 394 Å². The van der Waals surface area contributed by atoms with Gasteiger partial charge in [-0.3, -0.25) is 4.55 Å². The average Bonchev–Trinajstić information content (AvgIpc) is 3.24. The molecule has 0 amide bonds. The molecule has 0 spiro atoms. The van der Waals surface area contributed by atoms with Crippen molar-refractivity contribution in [1.82, 2.24) is 0 Å². The van der Waals surface area contributed by atoms with Crippen LogP contribution in [0.1, 0.15) is 11.1 Å². The zero-order valence-corrected chi connectivity index (χ0v) is 48.5. The molecule has 0 unspecified atom stereocenters. The molecule has 0 heterocycles. The molecule has 70 heavy (non-hydrogen) atoms. The first-order valence-corrected chi connectivity index (χ1v) is 23.1. The minimum Gasteiger partial charge on any atom is -0.871 e. The summed E-state index contributed by atoms with van der Waals surface area (Å²) in [5.74, 6) is -3.00. The third-order valence-electron chi connectivity index (χ3n) is 8.34. The summed E-state index contributed by atoms with van der Waals surface area (Å²) in [5, 5.41) is 67.8. The monoisotopic (exact) mass is 1110 g/mol. The Balaban J connectivity index is 0.00000490. The van der Waals surface area contributed by atoms with Crippen LogP contribution in [-0.2, 0) is 57.5 Å². The van der Waals surface area contributed by atoms with Crippen LogP contribution < -0.4 is 134 Å². The van der Waals surface area contributed by atoms with Crippen molar-refractivity contribution in [3.8, 4) is 17.2 Å². The van der Waals surface area contributed by atoms with Crippen LogP contribution in [0.4, 0.5) is 45.5 Å². The van der Waals surface area contributed by atoms with Gasteiger partial charge in [-0.1, -0.05) is 53.7 Å². The summed E-state index contributed by atoms with van der Waals surface area (Å²) in [7, 11) is -19.8. The van der Waals surface area contributed by atoms with Gasteiger partial charge < -0.3 is 29.0 Å². The van der Waals surface area contributed by atoms with Gasteiger partial charge in [0.1, 0.15) is 35.2 Å². The Kier molecular flexibility index (Phi) is 25.4. The van der Waals surface area contributed by atoms with E-state index in [1.54, 1.807) is 0 Å². The van der Waals surface area contributed by atoms with Crippen LogP contribution >= 0.6 is 0 Å². The summed E-state index contributed by atoms with van der Waals surface area (Å²) in [6, 6.07) is 21.0. The van der Waals surface area contributed by atoms with Gasteiger partial charge in [-0.2, -0.15) is 49.3 Å². The Morgan fingerprint density at radius 3 is 1.26 bits per heavy atom. The van der Waals surface area contributed by atoms with E-state index in [9.17, 15) is 67.2 Å². The quantitative estimate of drug-likeness (QED) is 0.0461. The third-order valence-corrected chi connectivity index (χ3v) is 11.8. The van der Waals surface area contributed by atoms with Crippen LogP contribution in [0.15, 0.2) is 176 Å². The Hall–Kier alpha value is -2.98. The van der Waals surface area contributed by atoms with Crippen molar-refractivity contribution >= 4 is 98.1 Å². The Morgan fingerprint density at radius 2 is 0.786 bits per heavy atom. The van der Waals surface area contributed by atoms with Crippen molar-refractivity contribution in [3.63, 3.8) is 0 Å². The molecule has 0 fully saturated rings. The van der Waals surface area contributed by atoms with Crippen LogP contribution in [0, 0.1) is 0 Å². The molecule has 6 aromatic carbocycles. The molecule has 0 aliphatic rings. The van der Waals surface area contributed by atoms with Gasteiger partial charge in [-0.05, 0) is 102 Å². The van der Waals surface area contributed by atoms with Crippen LogP contribution in [0.25, 0.3) is 12.2 Å². The summed E-state index contributed by atoms with van der Waals surface area (Å²) in [6.07, 6.45) is 2.11. The summed E-state index contributed by atoms with van der Waals surface area (Å²) in [6.45, 7) is 0. The maximum atomic E-state index is 13.0. The summed E-state index contributed by atoms with van der Waals surface area (Å²) >= 11 is 0. The normalized spacial score (nSPS) is 12.1. The maximum Gasteiger partial charge on any atom is 2.00 e. The second-order valence-electron chi connectivity index (χ2n) is 12.8. The van der Waals surface area contributed by atoms with Gasteiger partial charge >= 0.3 is 135 Å². The van der Waals surface area contributed by atoms with Crippen LogP contribution in [0.5, 0.6) is 17.2 Å². The zero-order chi connectivity index (χ0) is 47.3. The minimum atomic E-state index is -5.18. The van der Waals surface area contributed by atoms with E-state index < -0.39 is 94.4 Å². The van der Waals surface area contributed by atoms with E-state index >= 15 is 0 Å². The SMILES string of the molecule is O=S(=O)([O-])c1ccc(N=Nc2ccc(N=Nc3ccc(C=Cc4ccc(N=Nc5c([O-])ccc(N=Nc6cc(S(=O)(=O)[O-])ccc6[O-])c5[O-])cc4S(=O)(=O)O)c(S(=O)(=O)[O-])c3)cc2)cc1.[Cu+2].[Na+].[Na+].[Na+].[Na+]. The van der Waals surface area contributed by atoms with E-state index in [-0.39, 0.29) is 169 Å². The molecule has 1 N–H and O–H groups in total. The number of nitrogens with zero attached hydrogens (tertiary/aromatic N) is 8. The molecular weight excluding hydrogens is 1090 g/mol. The molecule has 0 aliphatic carbocycles. The molecule has 0 saturated carbocycles. The van der Waals surface area contributed by atoms with E-state index in [0.717, 1.165) is 72.8 Å². The van der Waals surface area contributed by atoms with Crippen molar-refractivity contribution < 1.29 is 202 Å². The van der Waals surface area contributed by atoms with Crippen molar-refractivity contribution in [1.29, 1.82) is 0 Å². The first-order valence-electron chi connectivity index (χ1n) is 17.5. The van der Waals surface area contributed by atoms with Gasteiger partial charge in [0.2, 0.25) is 0 Å². The molecule has 0 aromatic heterocycles. The smallest absolute Gasteiger partial charge is 0.871 e. The van der Waals surface area contributed by atoms with Crippen molar-refractivity contribution in [3.05, 3.63) is 126 Å².